The summed E-state index contributed by atoms with van der Waals surface area (Å²) >= 11 is 5.90. The fraction of sp³-hybridized carbons (Fsp3) is 0.250. The first-order valence-electron chi connectivity index (χ1n) is 8.84. The number of hydrogen-bond acceptors (Lipinski definition) is 6. The first-order valence-corrected chi connectivity index (χ1v) is 9.22. The third-order valence-corrected chi connectivity index (χ3v) is 4.31. The highest BCUT2D eigenvalue weighted by Gasteiger charge is 2.10. The van der Waals surface area contributed by atoms with E-state index in [9.17, 15) is 5.21 Å². The lowest BCUT2D eigenvalue weighted by molar-refractivity contribution is -0.327. The van der Waals surface area contributed by atoms with Gasteiger partial charge in [-0.05, 0) is 42.2 Å². The van der Waals surface area contributed by atoms with Gasteiger partial charge in [-0.25, -0.2) is 4.89 Å². The van der Waals surface area contributed by atoms with Crippen LogP contribution in [0.25, 0.3) is 0 Å². The van der Waals surface area contributed by atoms with Gasteiger partial charge in [0.1, 0.15) is 5.69 Å². The van der Waals surface area contributed by atoms with Crippen LogP contribution in [0.2, 0.25) is 5.02 Å². The van der Waals surface area contributed by atoms with Crippen molar-refractivity contribution in [3.63, 3.8) is 0 Å². The van der Waals surface area contributed by atoms with Gasteiger partial charge in [0.05, 0.1) is 20.3 Å². The van der Waals surface area contributed by atoms with Crippen LogP contribution in [0.15, 0.2) is 60.8 Å². The van der Waals surface area contributed by atoms with E-state index in [1.807, 2.05) is 59.4 Å². The molecule has 28 heavy (non-hydrogen) atoms. The molecule has 7 nitrogen and oxygen atoms in total. The van der Waals surface area contributed by atoms with Gasteiger partial charge < -0.3 is 4.74 Å². The topological polar surface area (TPSA) is 69.0 Å². The van der Waals surface area contributed by atoms with Gasteiger partial charge in [0, 0.05) is 17.3 Å². The Morgan fingerprint density at radius 3 is 2.68 bits per heavy atom. The molecule has 0 aliphatic rings. The molecule has 0 unspecified atom stereocenters. The zero-order chi connectivity index (χ0) is 19.8. The minimum absolute atomic E-state index is 0.503. The Morgan fingerprint density at radius 1 is 1.11 bits per heavy atom. The van der Waals surface area contributed by atoms with E-state index in [1.165, 1.54) is 7.11 Å². The lowest BCUT2D eigenvalue weighted by Crippen LogP contribution is -2.19. The normalized spacial score (nSPS) is 10.8. The van der Waals surface area contributed by atoms with Crippen molar-refractivity contribution < 1.29 is 19.8 Å². The van der Waals surface area contributed by atoms with Crippen LogP contribution in [-0.2, 0) is 22.8 Å². The molecule has 0 saturated carbocycles. The van der Waals surface area contributed by atoms with E-state index < -0.39 is 0 Å². The molecule has 148 valence electrons. The van der Waals surface area contributed by atoms with Gasteiger partial charge in [-0.1, -0.05) is 52.1 Å². The van der Waals surface area contributed by atoms with E-state index in [4.69, 9.17) is 16.3 Å². The zero-order valence-electron chi connectivity index (χ0n) is 15.5. The molecule has 0 radical (unpaired) electrons. The summed E-state index contributed by atoms with van der Waals surface area (Å²) < 4.78 is 7.55. The fourth-order valence-corrected chi connectivity index (χ4v) is 2.87. The van der Waals surface area contributed by atoms with E-state index in [1.54, 1.807) is 6.07 Å². The van der Waals surface area contributed by atoms with Gasteiger partial charge in [0.15, 0.2) is 0 Å². The zero-order valence-corrected chi connectivity index (χ0v) is 16.2. The number of para-hydroxylation sites is 1. The molecule has 2 aromatic carbocycles. The number of benzene rings is 2. The molecule has 3 aromatic rings. The molecule has 0 spiro atoms. The van der Waals surface area contributed by atoms with Crippen molar-refractivity contribution in [1.29, 1.82) is 0 Å². The third-order valence-electron chi connectivity index (χ3n) is 4.06. The van der Waals surface area contributed by atoms with Crippen molar-refractivity contribution in [1.82, 2.24) is 9.78 Å². The molecule has 3 rings (SSSR count). The smallest absolute Gasteiger partial charge is 0.232 e. The monoisotopic (exact) mass is 403 g/mol. The van der Waals surface area contributed by atoms with Crippen molar-refractivity contribution in [3.05, 3.63) is 76.9 Å². The SMILES string of the molecule is COON(O)c1ccccc1CCCOc1ccn(Cc2ccc(Cl)cc2)n1. The molecular weight excluding hydrogens is 382 g/mol. The summed E-state index contributed by atoms with van der Waals surface area (Å²) in [6.07, 6.45) is 3.33. The number of halogens is 1. The highest BCUT2D eigenvalue weighted by Crippen LogP contribution is 2.21. The maximum atomic E-state index is 9.81. The molecule has 0 bridgehead atoms. The number of aromatic nitrogens is 2. The Hall–Kier alpha value is -2.58. The second-order valence-electron chi connectivity index (χ2n) is 6.07. The van der Waals surface area contributed by atoms with E-state index >= 15 is 0 Å². The minimum Gasteiger partial charge on any atom is -0.477 e. The highest BCUT2D eigenvalue weighted by molar-refractivity contribution is 6.30. The largest absolute Gasteiger partial charge is 0.477 e. The van der Waals surface area contributed by atoms with Crippen LogP contribution >= 0.6 is 11.6 Å². The Bertz CT molecular complexity index is 870. The molecular formula is C20H22ClN3O4. The van der Waals surface area contributed by atoms with Crippen LogP contribution in [-0.4, -0.2) is 28.7 Å². The molecule has 0 fully saturated rings. The number of rotatable bonds is 10. The minimum atomic E-state index is 0.503. The van der Waals surface area contributed by atoms with Crippen LogP contribution in [0.5, 0.6) is 5.88 Å². The molecule has 0 atom stereocenters. The van der Waals surface area contributed by atoms with Gasteiger partial charge in [0.25, 0.3) is 0 Å². The quantitative estimate of drug-likeness (QED) is 0.309. The van der Waals surface area contributed by atoms with Gasteiger partial charge in [0.2, 0.25) is 5.88 Å². The summed E-state index contributed by atoms with van der Waals surface area (Å²) in [5.74, 6) is 0.578. The third kappa shape index (κ3) is 5.71. The summed E-state index contributed by atoms with van der Waals surface area (Å²) in [5.41, 5.74) is 2.55. The second-order valence-corrected chi connectivity index (χ2v) is 6.51. The predicted molar refractivity (Wildman–Crippen MR) is 105 cm³/mol. The van der Waals surface area contributed by atoms with Gasteiger partial charge in [-0.3, -0.25) is 9.89 Å². The molecule has 1 heterocycles. The second kappa shape index (κ2) is 10.1. The Balaban J connectivity index is 1.47. The van der Waals surface area contributed by atoms with Crippen molar-refractivity contribution in [2.24, 2.45) is 0 Å². The molecule has 1 aromatic heterocycles. The van der Waals surface area contributed by atoms with Crippen LogP contribution in [0.4, 0.5) is 5.69 Å². The maximum absolute atomic E-state index is 9.81. The van der Waals surface area contributed by atoms with Gasteiger partial charge >= 0.3 is 0 Å². The van der Waals surface area contributed by atoms with Crippen LogP contribution in [0.3, 0.4) is 0 Å². The maximum Gasteiger partial charge on any atom is 0.232 e. The van der Waals surface area contributed by atoms with Crippen molar-refractivity contribution in [2.75, 3.05) is 18.9 Å². The first kappa shape index (κ1) is 20.2. The Labute approximate surface area is 168 Å². The molecule has 1 N–H and O–H groups in total. The van der Waals surface area contributed by atoms with Gasteiger partial charge in [-0.2, -0.15) is 0 Å². The van der Waals surface area contributed by atoms with E-state index in [0.29, 0.717) is 41.4 Å². The van der Waals surface area contributed by atoms with Crippen LogP contribution in [0.1, 0.15) is 17.5 Å². The summed E-state index contributed by atoms with van der Waals surface area (Å²) in [7, 11) is 1.33. The summed E-state index contributed by atoms with van der Waals surface area (Å²) in [5, 5.41) is 15.6. The lowest BCUT2D eigenvalue weighted by atomic mass is 10.1. The van der Waals surface area contributed by atoms with Crippen molar-refractivity contribution in [3.8, 4) is 5.88 Å². The molecule has 0 aliphatic carbocycles. The Kier molecular flexibility index (Phi) is 7.27. The number of anilines is 1. The van der Waals surface area contributed by atoms with E-state index in [2.05, 4.69) is 15.0 Å². The fourth-order valence-electron chi connectivity index (χ4n) is 2.74. The van der Waals surface area contributed by atoms with Crippen molar-refractivity contribution in [2.45, 2.75) is 19.4 Å². The number of nitrogens with zero attached hydrogens (tertiary/aromatic N) is 3. The lowest BCUT2D eigenvalue weighted by Gasteiger charge is -2.16. The summed E-state index contributed by atoms with van der Waals surface area (Å²) in [6.45, 7) is 1.16. The van der Waals surface area contributed by atoms with Crippen LogP contribution < -0.4 is 9.96 Å². The van der Waals surface area contributed by atoms with Crippen molar-refractivity contribution >= 4 is 17.3 Å². The van der Waals surface area contributed by atoms with Gasteiger partial charge in [-0.15, -0.1) is 5.10 Å². The molecule has 0 aliphatic heterocycles. The predicted octanol–water partition coefficient (Wildman–Crippen LogP) is 4.29. The molecule has 8 heteroatoms. The van der Waals surface area contributed by atoms with Crippen LogP contribution in [0, 0.1) is 0 Å². The number of ether oxygens (including phenoxy) is 1. The number of aryl methyl sites for hydroxylation is 1. The van der Waals surface area contributed by atoms with E-state index in [0.717, 1.165) is 17.5 Å². The summed E-state index contributed by atoms with van der Waals surface area (Å²) in [4.78, 5) is 9.12. The summed E-state index contributed by atoms with van der Waals surface area (Å²) in [6, 6.07) is 16.9. The first-order chi connectivity index (χ1) is 13.7. The highest BCUT2D eigenvalue weighted by atomic mass is 35.5. The van der Waals surface area contributed by atoms with E-state index in [-0.39, 0.29) is 0 Å². The number of hydrogen-bond donors (Lipinski definition) is 1. The average Bonchev–Trinajstić information content (AvgIpc) is 3.15. The molecule has 0 saturated heterocycles. The Morgan fingerprint density at radius 2 is 1.89 bits per heavy atom. The molecule has 0 amide bonds. The average molecular weight is 404 g/mol. The standard InChI is InChI=1S/C20H22ClN3O4/c1-26-28-24(25)19-7-3-2-5-17(19)6-4-14-27-20-12-13-23(22-20)15-16-8-10-18(21)11-9-16/h2-3,5,7-13,25H,4,6,14-15H2,1H3.